The summed E-state index contributed by atoms with van der Waals surface area (Å²) >= 11 is 3.24. The van der Waals surface area contributed by atoms with E-state index in [1.54, 1.807) is 0 Å². The van der Waals surface area contributed by atoms with Gasteiger partial charge >= 0.3 is 229 Å². The van der Waals surface area contributed by atoms with Crippen molar-refractivity contribution in [2.24, 2.45) is 23.2 Å². The molecule has 0 bridgehead atoms. The van der Waals surface area contributed by atoms with Crippen LogP contribution in [0, 0.1) is 56.4 Å². The van der Waals surface area contributed by atoms with Crippen molar-refractivity contribution < 1.29 is 48.6 Å². The Balaban J connectivity index is -0.00000103. The monoisotopic (exact) mass is 544 g/mol. The van der Waals surface area contributed by atoms with Crippen molar-refractivity contribution in [1.29, 1.82) is 0 Å². The zero-order valence-corrected chi connectivity index (χ0v) is 22.7. The standard InChI is InChI=1S/C24H32O2.5CO.Cr/c1-18(2)21-12-10-19(3)16-22(21)26-17-24(4)14-15-25-23(24)13-11-20-8-6-5-7-9-20;5*1-2;/h5-9,11,13-15,18-19,21-23H,10,12,16H2,1-4H3;;;;;;/b13-11-;;;;;;/t19-,21+,22-,23+,24-;;;;;;/m1....../s1. The molecule has 0 N–H and O–H groups in total. The Morgan fingerprint density at radius 3 is 2.05 bits per heavy atom. The number of ether oxygens (including phenoxy) is 2. The van der Waals surface area contributed by atoms with Crippen molar-refractivity contribution >= 4 is 10.6 Å². The fourth-order valence-electron chi connectivity index (χ4n) is 4.21. The molecule has 1 heterocycles. The van der Waals surface area contributed by atoms with Gasteiger partial charge in [0, 0.05) is 0 Å². The van der Waals surface area contributed by atoms with Crippen LogP contribution < -0.4 is 0 Å². The molecule has 1 aromatic carbocycles. The Bertz CT molecular complexity index is 877. The van der Waals surface area contributed by atoms with Gasteiger partial charge in [0.15, 0.2) is 0 Å². The summed E-state index contributed by atoms with van der Waals surface area (Å²) in [5, 5.41) is 0. The predicted octanol–water partition coefficient (Wildman–Crippen LogP) is 5.59. The molecule has 1 aliphatic carbocycles. The van der Waals surface area contributed by atoms with E-state index < -0.39 is 0 Å². The quantitative estimate of drug-likeness (QED) is 0.343. The number of benzene rings is 1. The Kier molecular flexibility index (Phi) is 25.3. The average Bonchev–Trinajstić information content (AvgIpc) is 3.35. The van der Waals surface area contributed by atoms with Gasteiger partial charge in [0.2, 0.25) is 0 Å². The van der Waals surface area contributed by atoms with E-state index in [-0.39, 0.29) is 17.6 Å². The minimum absolute atomic E-state index is 0.0625. The Hall–Kier alpha value is -2.44. The van der Waals surface area contributed by atoms with E-state index in [4.69, 9.17) is 32.7 Å². The van der Waals surface area contributed by atoms with Gasteiger partial charge in [-0.15, -0.1) is 0 Å². The Morgan fingerprint density at radius 1 is 1.00 bits per heavy atom. The van der Waals surface area contributed by atoms with Gasteiger partial charge in [-0.2, -0.15) is 0 Å². The topological polar surface area (TPSA) is 118 Å². The van der Waals surface area contributed by atoms with E-state index in [2.05, 4.69) is 119 Å². The molecule has 1 saturated carbocycles. The molecule has 37 heavy (non-hydrogen) atoms. The van der Waals surface area contributed by atoms with Crippen LogP contribution in [0.5, 0.6) is 0 Å². The number of hydrogen-bond donors (Lipinski definition) is 0. The second-order valence-electron chi connectivity index (χ2n) is 8.68. The third-order valence-corrected chi connectivity index (χ3v) is 6.99. The van der Waals surface area contributed by atoms with Crippen molar-refractivity contribution in [3.05, 3.63) is 87.6 Å². The van der Waals surface area contributed by atoms with Crippen LogP contribution in [-0.2, 0) is 48.6 Å². The zero-order valence-electron chi connectivity index (χ0n) is 21.5. The van der Waals surface area contributed by atoms with Crippen molar-refractivity contribution in [1.82, 2.24) is 0 Å². The second-order valence-corrected chi connectivity index (χ2v) is 9.26. The molecular weight excluding hydrogens is 512 g/mol. The molecule has 8 heteroatoms. The molecule has 0 aromatic heterocycles. The molecule has 3 rings (SSSR count). The van der Waals surface area contributed by atoms with Gasteiger partial charge in [-0.3, -0.25) is 0 Å². The molecule has 196 valence electrons. The summed E-state index contributed by atoms with van der Waals surface area (Å²) in [4.78, 5) is 0. The van der Waals surface area contributed by atoms with Gasteiger partial charge in [0.25, 0.3) is 0 Å². The number of rotatable bonds is 6. The molecular formula is C29H32CrO7. The van der Waals surface area contributed by atoms with E-state index in [9.17, 15) is 0 Å². The summed E-state index contributed by atoms with van der Waals surface area (Å²) in [7, 11) is 0. The van der Waals surface area contributed by atoms with Crippen LogP contribution in [0.1, 0.15) is 52.5 Å². The summed E-state index contributed by atoms with van der Waals surface area (Å²) in [5.74, 6) is 2.00. The first-order valence-corrected chi connectivity index (χ1v) is 11.8. The van der Waals surface area contributed by atoms with Gasteiger partial charge in [-0.25, -0.2) is 0 Å². The average molecular weight is 545 g/mol. The van der Waals surface area contributed by atoms with Crippen LogP contribution in [0.3, 0.4) is 0 Å². The van der Waals surface area contributed by atoms with E-state index in [0.29, 0.717) is 11.8 Å². The van der Waals surface area contributed by atoms with Crippen LogP contribution >= 0.6 is 0 Å². The van der Waals surface area contributed by atoms with Gasteiger partial charge in [-0.1, -0.05) is 0 Å². The molecule has 5 atom stereocenters. The molecule has 0 radical (unpaired) electrons. The van der Waals surface area contributed by atoms with E-state index in [1.165, 1.54) is 18.4 Å². The van der Waals surface area contributed by atoms with Crippen LogP contribution in [0.4, 0.5) is 0 Å². The van der Waals surface area contributed by atoms with Crippen molar-refractivity contribution in [3.63, 3.8) is 0 Å². The molecule has 0 spiro atoms. The predicted molar refractivity (Wildman–Crippen MR) is 128 cm³/mol. The van der Waals surface area contributed by atoms with Crippen LogP contribution in [0.25, 0.3) is 6.08 Å². The number of hydrogen-bond acceptors (Lipinski definition) is 2. The Labute approximate surface area is 228 Å². The first-order chi connectivity index (χ1) is 17.9. The first-order valence-electron chi connectivity index (χ1n) is 11.2. The molecule has 1 fully saturated rings. The molecule has 0 unspecified atom stereocenters. The molecule has 7 nitrogen and oxygen atoms in total. The van der Waals surface area contributed by atoms with Crippen LogP contribution in [0.15, 0.2) is 48.7 Å². The third kappa shape index (κ3) is 13.1. The first kappa shape index (κ1) is 39.1. The van der Waals surface area contributed by atoms with Crippen molar-refractivity contribution in [3.8, 4) is 0 Å². The van der Waals surface area contributed by atoms with Crippen LogP contribution in [-0.4, -0.2) is 16.8 Å². The fraction of sp³-hybridized carbons (Fsp3) is 0.448. The summed E-state index contributed by atoms with van der Waals surface area (Å²) in [6, 6.07) is 10.3. The summed E-state index contributed by atoms with van der Waals surface area (Å²) in [5.41, 5.74) is 0.895. The summed E-state index contributed by atoms with van der Waals surface area (Å²) < 4.78 is 51.0. The fourth-order valence-corrected chi connectivity index (χ4v) is 4.69. The van der Waals surface area contributed by atoms with Crippen molar-refractivity contribution in [2.75, 3.05) is 0 Å². The normalized spacial score (nSPS) is 24.7. The molecule has 2 aliphatic rings. The van der Waals surface area contributed by atoms with Gasteiger partial charge in [0.05, 0.1) is 0 Å². The summed E-state index contributed by atoms with van der Waals surface area (Å²) in [6.45, 7) is 31.7. The van der Waals surface area contributed by atoms with Gasteiger partial charge in [-0.05, 0) is 0 Å². The summed E-state index contributed by atoms with van der Waals surface area (Å²) in [6.07, 6.45) is 12.1. The molecule has 0 amide bonds. The maximum atomic E-state index is 7.50. The van der Waals surface area contributed by atoms with Crippen molar-refractivity contribution in [2.45, 2.75) is 59.2 Å². The third-order valence-electron chi connectivity index (χ3n) is 6.15. The van der Waals surface area contributed by atoms with Crippen LogP contribution in [0.2, 0.25) is 0 Å². The SMILES string of the molecule is CC(C)[C@@H]1CC[C@@H](C)C[C@H]1O[C](=[Cr])[C@@]1(C)C=CO[C@H]1/C=C\c1ccccc1.[C-]#[O+].[C-]#[O+].[C-]#[O+].[C-]#[O+].[C-]#[O+]. The molecule has 0 saturated heterocycles. The Morgan fingerprint density at radius 2 is 1.54 bits per heavy atom. The second kappa shape index (κ2) is 23.9. The minimum atomic E-state index is -0.284. The van der Waals surface area contributed by atoms with Gasteiger partial charge < -0.3 is 0 Å². The zero-order chi connectivity index (χ0) is 29.4. The van der Waals surface area contributed by atoms with E-state index in [1.807, 2.05) is 12.3 Å². The van der Waals surface area contributed by atoms with Gasteiger partial charge in [0.1, 0.15) is 0 Å². The van der Waals surface area contributed by atoms with E-state index >= 15 is 0 Å². The molecule has 1 aliphatic heterocycles. The maximum absolute atomic E-state index is 7.50. The molecule has 1 aromatic rings. The van der Waals surface area contributed by atoms with E-state index in [0.717, 1.165) is 16.9 Å².